The smallest absolute Gasteiger partial charge is 0.227 e. The minimum atomic E-state index is 0.0784. The van der Waals surface area contributed by atoms with Crippen LogP contribution in [0.3, 0.4) is 0 Å². The van der Waals surface area contributed by atoms with Gasteiger partial charge in [0.2, 0.25) is 5.91 Å². The number of carbonyl (C=O) groups is 1. The third-order valence-electron chi connectivity index (χ3n) is 4.73. The third kappa shape index (κ3) is 4.60. The molecule has 4 aromatic rings. The van der Waals surface area contributed by atoms with Crippen molar-refractivity contribution in [3.8, 4) is 16.9 Å². The second kappa shape index (κ2) is 8.41. The van der Waals surface area contributed by atoms with Crippen LogP contribution in [0.5, 0.6) is 0 Å². The average Bonchev–Trinajstić information content (AvgIpc) is 3.38. The Kier molecular flexibility index (Phi) is 5.53. The van der Waals surface area contributed by atoms with E-state index in [0.29, 0.717) is 13.0 Å². The highest BCUT2D eigenvalue weighted by molar-refractivity contribution is 7.09. The van der Waals surface area contributed by atoms with E-state index in [2.05, 4.69) is 15.5 Å². The Bertz CT molecular complexity index is 1100. The zero-order valence-electron chi connectivity index (χ0n) is 16.4. The van der Waals surface area contributed by atoms with Gasteiger partial charge in [-0.25, -0.2) is 9.67 Å². The molecule has 0 saturated heterocycles. The van der Waals surface area contributed by atoms with Crippen molar-refractivity contribution in [1.82, 2.24) is 19.7 Å². The number of carbonyl (C=O) groups excluding carboxylic acids is 1. The molecule has 2 aromatic carbocycles. The summed E-state index contributed by atoms with van der Waals surface area (Å²) in [6, 6.07) is 18.0. The molecule has 0 aliphatic rings. The molecule has 0 aliphatic carbocycles. The summed E-state index contributed by atoms with van der Waals surface area (Å²) >= 11 is 1.64. The van der Waals surface area contributed by atoms with Crippen LogP contribution in [0.4, 0.5) is 0 Å². The molecule has 0 aliphatic heterocycles. The maximum absolute atomic E-state index is 12.6. The van der Waals surface area contributed by atoms with Gasteiger partial charge in [0.1, 0.15) is 0 Å². The maximum atomic E-state index is 12.6. The summed E-state index contributed by atoms with van der Waals surface area (Å²) < 4.78 is 1.83. The molecule has 6 heteroatoms. The molecule has 29 heavy (non-hydrogen) atoms. The van der Waals surface area contributed by atoms with E-state index in [4.69, 9.17) is 0 Å². The van der Waals surface area contributed by atoms with Gasteiger partial charge in [-0.05, 0) is 24.6 Å². The van der Waals surface area contributed by atoms with Crippen LogP contribution in [0.15, 0.2) is 72.4 Å². The highest BCUT2D eigenvalue weighted by atomic mass is 32.1. The molecule has 2 aromatic heterocycles. The van der Waals surface area contributed by atoms with Gasteiger partial charge in [-0.2, -0.15) is 5.10 Å². The molecule has 1 amide bonds. The van der Waals surface area contributed by atoms with Gasteiger partial charge in [0.05, 0.1) is 29.0 Å². The van der Waals surface area contributed by atoms with E-state index in [9.17, 15) is 4.79 Å². The number of para-hydroxylation sites is 1. The van der Waals surface area contributed by atoms with Gasteiger partial charge >= 0.3 is 0 Å². The normalized spacial score (nSPS) is 10.8. The molecule has 0 bridgehead atoms. The van der Waals surface area contributed by atoms with Crippen LogP contribution in [-0.2, 0) is 17.8 Å². The fourth-order valence-electron chi connectivity index (χ4n) is 3.12. The van der Waals surface area contributed by atoms with E-state index in [1.807, 2.05) is 79.4 Å². The first-order valence-corrected chi connectivity index (χ1v) is 10.3. The Balaban J connectivity index is 1.37. The van der Waals surface area contributed by atoms with Crippen LogP contribution >= 0.6 is 11.3 Å². The Hall–Kier alpha value is -3.25. The molecule has 146 valence electrons. The van der Waals surface area contributed by atoms with E-state index in [1.165, 1.54) is 0 Å². The first kappa shape index (κ1) is 19.1. The number of hydrogen-bond donors (Lipinski definition) is 0. The molecular weight excluding hydrogens is 380 g/mol. The van der Waals surface area contributed by atoms with Gasteiger partial charge in [-0.15, -0.1) is 11.3 Å². The van der Waals surface area contributed by atoms with Gasteiger partial charge in [-0.3, -0.25) is 4.79 Å². The molecule has 5 nitrogen and oxygen atoms in total. The average molecular weight is 403 g/mol. The van der Waals surface area contributed by atoms with E-state index >= 15 is 0 Å². The summed E-state index contributed by atoms with van der Waals surface area (Å²) in [6.45, 7) is 2.53. The molecule has 4 rings (SSSR count). The quantitative estimate of drug-likeness (QED) is 0.477. The summed E-state index contributed by atoms with van der Waals surface area (Å²) in [7, 11) is 1.83. The fraction of sp³-hybridized carbons (Fsp3) is 0.174. The lowest BCUT2D eigenvalue weighted by atomic mass is 10.1. The second-order valence-electron chi connectivity index (χ2n) is 7.00. The van der Waals surface area contributed by atoms with Crippen LogP contribution in [0.25, 0.3) is 16.9 Å². The number of aryl methyl sites for hydroxylation is 1. The lowest BCUT2D eigenvalue weighted by molar-refractivity contribution is -0.129. The van der Waals surface area contributed by atoms with Crippen molar-refractivity contribution < 1.29 is 4.79 Å². The van der Waals surface area contributed by atoms with Gasteiger partial charge in [0.25, 0.3) is 0 Å². The summed E-state index contributed by atoms with van der Waals surface area (Å²) in [6.07, 6.45) is 4.14. The van der Waals surface area contributed by atoms with Crippen molar-refractivity contribution in [3.05, 3.63) is 88.5 Å². The van der Waals surface area contributed by atoms with Crippen molar-refractivity contribution in [1.29, 1.82) is 0 Å². The number of amides is 1. The molecular formula is C23H22N4OS. The van der Waals surface area contributed by atoms with Gasteiger partial charge < -0.3 is 4.90 Å². The van der Waals surface area contributed by atoms with Crippen LogP contribution in [0, 0.1) is 6.92 Å². The van der Waals surface area contributed by atoms with Crippen molar-refractivity contribution in [3.63, 3.8) is 0 Å². The summed E-state index contributed by atoms with van der Waals surface area (Å²) in [5.41, 5.74) is 5.06. The largest absolute Gasteiger partial charge is 0.341 e. The Morgan fingerprint density at radius 2 is 1.83 bits per heavy atom. The van der Waals surface area contributed by atoms with Crippen molar-refractivity contribution in [2.24, 2.45) is 0 Å². The third-order valence-corrected chi connectivity index (χ3v) is 5.50. The zero-order chi connectivity index (χ0) is 20.2. The fourth-order valence-corrected chi connectivity index (χ4v) is 3.75. The molecule has 0 N–H and O–H groups in total. The molecule has 0 radical (unpaired) electrons. The van der Waals surface area contributed by atoms with Crippen molar-refractivity contribution in [2.75, 3.05) is 7.05 Å². The SMILES string of the molecule is Cc1nc(-c2ccc(CC(=O)N(C)Cc3cnn(-c4ccccc4)c3)cc2)cs1. The van der Waals surface area contributed by atoms with E-state index in [1.54, 1.807) is 22.4 Å². The highest BCUT2D eigenvalue weighted by Gasteiger charge is 2.12. The predicted molar refractivity (Wildman–Crippen MR) is 116 cm³/mol. The second-order valence-corrected chi connectivity index (χ2v) is 8.07. The molecule has 0 unspecified atom stereocenters. The lowest BCUT2D eigenvalue weighted by Gasteiger charge is -2.16. The Labute approximate surface area is 174 Å². The minimum absolute atomic E-state index is 0.0784. The predicted octanol–water partition coefficient (Wildman–Crippen LogP) is 4.51. The van der Waals surface area contributed by atoms with Crippen LogP contribution in [0.2, 0.25) is 0 Å². The van der Waals surface area contributed by atoms with E-state index in [-0.39, 0.29) is 5.91 Å². The van der Waals surface area contributed by atoms with Gasteiger partial charge in [-0.1, -0.05) is 42.5 Å². The number of hydrogen-bond acceptors (Lipinski definition) is 4. The Morgan fingerprint density at radius 3 is 2.52 bits per heavy atom. The molecule has 0 saturated carbocycles. The number of benzene rings is 2. The molecule has 0 spiro atoms. The Morgan fingerprint density at radius 1 is 1.07 bits per heavy atom. The van der Waals surface area contributed by atoms with E-state index < -0.39 is 0 Å². The standard InChI is InChI=1S/C23H22N4OS/c1-17-25-22(16-29-17)20-10-8-18(9-11-20)12-23(28)26(2)14-19-13-24-27(15-19)21-6-4-3-5-7-21/h3-11,13,15-16H,12,14H2,1-2H3. The zero-order valence-corrected chi connectivity index (χ0v) is 17.3. The lowest BCUT2D eigenvalue weighted by Crippen LogP contribution is -2.27. The maximum Gasteiger partial charge on any atom is 0.227 e. The summed E-state index contributed by atoms with van der Waals surface area (Å²) in [4.78, 5) is 18.9. The first-order valence-electron chi connectivity index (χ1n) is 9.43. The number of aromatic nitrogens is 3. The molecule has 2 heterocycles. The summed E-state index contributed by atoms with van der Waals surface area (Å²) in [5.74, 6) is 0.0784. The minimum Gasteiger partial charge on any atom is -0.341 e. The first-order chi connectivity index (χ1) is 14.1. The number of likely N-dealkylation sites (N-methyl/N-ethyl adjacent to an activating group) is 1. The highest BCUT2D eigenvalue weighted by Crippen LogP contribution is 2.22. The van der Waals surface area contributed by atoms with Crippen molar-refractivity contribution in [2.45, 2.75) is 19.9 Å². The van der Waals surface area contributed by atoms with E-state index in [0.717, 1.165) is 33.1 Å². The summed E-state index contributed by atoms with van der Waals surface area (Å²) in [5, 5.41) is 7.50. The monoisotopic (exact) mass is 402 g/mol. The van der Waals surface area contributed by atoms with Gasteiger partial charge in [0, 0.05) is 36.3 Å². The number of thiazole rings is 1. The van der Waals surface area contributed by atoms with Crippen molar-refractivity contribution >= 4 is 17.2 Å². The van der Waals surface area contributed by atoms with Crippen LogP contribution < -0.4 is 0 Å². The molecule has 0 atom stereocenters. The number of rotatable bonds is 6. The van der Waals surface area contributed by atoms with Crippen LogP contribution in [0.1, 0.15) is 16.1 Å². The molecule has 0 fully saturated rings. The number of nitrogens with zero attached hydrogens (tertiary/aromatic N) is 4. The van der Waals surface area contributed by atoms with Gasteiger partial charge in [0.15, 0.2) is 0 Å². The van der Waals surface area contributed by atoms with Crippen LogP contribution in [-0.4, -0.2) is 32.6 Å². The topological polar surface area (TPSA) is 51.0 Å².